The molecule has 3 aromatic rings. The van der Waals surface area contributed by atoms with Crippen molar-refractivity contribution in [2.45, 2.75) is 0 Å². The molecule has 26 heavy (non-hydrogen) atoms. The lowest BCUT2D eigenvalue weighted by molar-refractivity contribution is 0.0741. The minimum atomic E-state index is -0.0119. The summed E-state index contributed by atoms with van der Waals surface area (Å²) in [6, 6.07) is 13.4. The van der Waals surface area contributed by atoms with Crippen molar-refractivity contribution in [1.82, 2.24) is 14.9 Å². The fourth-order valence-corrected chi connectivity index (χ4v) is 3.86. The number of piperazine rings is 1. The van der Waals surface area contributed by atoms with Crippen molar-refractivity contribution in [1.29, 1.82) is 0 Å². The average molecular weight is 385 g/mol. The molecule has 0 spiro atoms. The normalized spacial score (nSPS) is 14.5. The quantitative estimate of drug-likeness (QED) is 0.688. The standard InChI is InChI=1S/C19H17ClN4OS/c20-15-6-4-14(5-7-15)18-22-16(13-26-18)19(25)24-11-9-23(10-12-24)17-3-1-2-8-21-17/h1-8,13H,9-12H2. The SMILES string of the molecule is O=C(c1csc(-c2ccc(Cl)cc2)n1)N1CCN(c2ccccn2)CC1. The molecule has 1 amide bonds. The number of amides is 1. The highest BCUT2D eigenvalue weighted by Gasteiger charge is 2.24. The van der Waals surface area contributed by atoms with Gasteiger partial charge in [0, 0.05) is 48.3 Å². The second-order valence-corrected chi connectivity index (χ2v) is 7.31. The molecule has 0 radical (unpaired) electrons. The Kier molecular flexibility index (Phi) is 4.86. The van der Waals surface area contributed by atoms with Crippen LogP contribution in [0.3, 0.4) is 0 Å². The molecule has 0 saturated carbocycles. The van der Waals surface area contributed by atoms with Crippen molar-refractivity contribution in [3.05, 3.63) is 64.8 Å². The summed E-state index contributed by atoms with van der Waals surface area (Å²) in [6.07, 6.45) is 1.79. The lowest BCUT2D eigenvalue weighted by atomic mass is 10.2. The number of thiazole rings is 1. The van der Waals surface area contributed by atoms with Crippen LogP contribution in [-0.4, -0.2) is 47.0 Å². The molecule has 0 aliphatic carbocycles. The third kappa shape index (κ3) is 3.57. The number of halogens is 1. The summed E-state index contributed by atoms with van der Waals surface area (Å²) in [5.74, 6) is 0.945. The minimum Gasteiger partial charge on any atom is -0.353 e. The second kappa shape index (κ2) is 7.43. The number of anilines is 1. The van der Waals surface area contributed by atoms with Crippen LogP contribution in [0.2, 0.25) is 5.02 Å². The number of nitrogens with zero attached hydrogens (tertiary/aromatic N) is 4. The number of carbonyl (C=O) groups is 1. The van der Waals surface area contributed by atoms with Gasteiger partial charge in [-0.25, -0.2) is 9.97 Å². The number of aromatic nitrogens is 2. The van der Waals surface area contributed by atoms with Crippen LogP contribution >= 0.6 is 22.9 Å². The van der Waals surface area contributed by atoms with Crippen molar-refractivity contribution < 1.29 is 4.79 Å². The van der Waals surface area contributed by atoms with Crippen LogP contribution < -0.4 is 4.90 Å². The molecule has 1 saturated heterocycles. The summed E-state index contributed by atoms with van der Waals surface area (Å²) in [4.78, 5) is 25.7. The highest BCUT2D eigenvalue weighted by atomic mass is 35.5. The molecule has 1 fully saturated rings. The molecule has 1 aliphatic heterocycles. The number of pyridine rings is 1. The third-order valence-electron chi connectivity index (χ3n) is 4.35. The summed E-state index contributed by atoms with van der Waals surface area (Å²) in [7, 11) is 0. The smallest absolute Gasteiger partial charge is 0.273 e. The topological polar surface area (TPSA) is 49.3 Å². The van der Waals surface area contributed by atoms with Crippen molar-refractivity contribution in [2.75, 3.05) is 31.1 Å². The molecule has 3 heterocycles. The third-order valence-corrected chi connectivity index (χ3v) is 5.50. The van der Waals surface area contributed by atoms with Crippen LogP contribution in [0.15, 0.2) is 54.0 Å². The second-order valence-electron chi connectivity index (χ2n) is 6.01. The van der Waals surface area contributed by atoms with Gasteiger partial charge in [0.05, 0.1) is 0 Å². The summed E-state index contributed by atoms with van der Waals surface area (Å²) >= 11 is 7.40. The largest absolute Gasteiger partial charge is 0.353 e. The summed E-state index contributed by atoms with van der Waals surface area (Å²) in [5.41, 5.74) is 1.48. The van der Waals surface area contributed by atoms with Gasteiger partial charge in [-0.05, 0) is 24.3 Å². The van der Waals surface area contributed by atoms with Gasteiger partial charge in [-0.3, -0.25) is 4.79 Å². The van der Waals surface area contributed by atoms with Crippen LogP contribution in [0.25, 0.3) is 10.6 Å². The highest BCUT2D eigenvalue weighted by molar-refractivity contribution is 7.13. The lowest BCUT2D eigenvalue weighted by Crippen LogP contribution is -2.49. The molecule has 5 nitrogen and oxygen atoms in total. The maximum absolute atomic E-state index is 12.8. The molecule has 132 valence electrons. The van der Waals surface area contributed by atoms with E-state index in [9.17, 15) is 4.79 Å². The van der Waals surface area contributed by atoms with E-state index < -0.39 is 0 Å². The molecule has 1 aromatic carbocycles. The van der Waals surface area contributed by atoms with Crippen LogP contribution in [0.1, 0.15) is 10.5 Å². The van der Waals surface area contributed by atoms with Gasteiger partial charge in [-0.15, -0.1) is 11.3 Å². The van der Waals surface area contributed by atoms with E-state index in [0.29, 0.717) is 23.8 Å². The van der Waals surface area contributed by atoms with Gasteiger partial charge in [0.15, 0.2) is 0 Å². The first-order chi connectivity index (χ1) is 12.7. The number of hydrogen-bond acceptors (Lipinski definition) is 5. The van der Waals surface area contributed by atoms with Gasteiger partial charge in [0.2, 0.25) is 0 Å². The van der Waals surface area contributed by atoms with Crippen molar-refractivity contribution in [2.24, 2.45) is 0 Å². The van der Waals surface area contributed by atoms with Crippen LogP contribution in [0, 0.1) is 0 Å². The number of hydrogen-bond donors (Lipinski definition) is 0. The predicted molar refractivity (Wildman–Crippen MR) is 105 cm³/mol. The fourth-order valence-electron chi connectivity index (χ4n) is 2.94. The van der Waals surface area contributed by atoms with E-state index >= 15 is 0 Å². The van der Waals surface area contributed by atoms with Gasteiger partial charge < -0.3 is 9.80 Å². The van der Waals surface area contributed by atoms with E-state index in [1.54, 1.807) is 6.20 Å². The van der Waals surface area contributed by atoms with E-state index in [-0.39, 0.29) is 5.91 Å². The molecule has 1 aliphatic rings. The molecule has 0 unspecified atom stereocenters. The van der Waals surface area contributed by atoms with E-state index in [0.717, 1.165) is 29.5 Å². The predicted octanol–water partition coefficient (Wildman–Crippen LogP) is 3.82. The van der Waals surface area contributed by atoms with Gasteiger partial charge >= 0.3 is 0 Å². The van der Waals surface area contributed by atoms with Crippen molar-refractivity contribution in [3.63, 3.8) is 0 Å². The van der Waals surface area contributed by atoms with Gasteiger partial charge in [-0.1, -0.05) is 29.8 Å². The van der Waals surface area contributed by atoms with Gasteiger partial charge in [-0.2, -0.15) is 0 Å². The highest BCUT2D eigenvalue weighted by Crippen LogP contribution is 2.26. The average Bonchev–Trinajstić information content (AvgIpc) is 3.19. The Balaban J connectivity index is 1.42. The summed E-state index contributed by atoms with van der Waals surface area (Å²) in [6.45, 7) is 2.89. The molecule has 7 heteroatoms. The van der Waals surface area contributed by atoms with E-state index in [1.165, 1.54) is 11.3 Å². The van der Waals surface area contributed by atoms with Gasteiger partial charge in [0.1, 0.15) is 16.5 Å². The van der Waals surface area contributed by atoms with E-state index in [1.807, 2.05) is 52.7 Å². The zero-order valence-corrected chi connectivity index (χ0v) is 15.6. The lowest BCUT2D eigenvalue weighted by Gasteiger charge is -2.35. The minimum absolute atomic E-state index is 0.0119. The first kappa shape index (κ1) is 17.0. The maximum Gasteiger partial charge on any atom is 0.273 e. The molecular formula is C19H17ClN4OS. The van der Waals surface area contributed by atoms with Gasteiger partial charge in [0.25, 0.3) is 5.91 Å². The monoisotopic (exact) mass is 384 g/mol. The van der Waals surface area contributed by atoms with Crippen LogP contribution in [0.5, 0.6) is 0 Å². The Bertz CT molecular complexity index is 889. The first-order valence-electron chi connectivity index (χ1n) is 8.37. The first-order valence-corrected chi connectivity index (χ1v) is 9.63. The summed E-state index contributed by atoms with van der Waals surface area (Å²) < 4.78 is 0. The Morgan fingerprint density at radius 1 is 1.04 bits per heavy atom. The molecular weight excluding hydrogens is 368 g/mol. The van der Waals surface area contributed by atoms with Crippen molar-refractivity contribution >= 4 is 34.7 Å². The number of carbonyl (C=O) groups excluding carboxylic acids is 1. The summed E-state index contributed by atoms with van der Waals surface area (Å²) in [5, 5.41) is 3.35. The maximum atomic E-state index is 12.8. The van der Waals surface area contributed by atoms with Crippen LogP contribution in [-0.2, 0) is 0 Å². The Labute approximate surface area is 160 Å². The van der Waals surface area contributed by atoms with Crippen LogP contribution in [0.4, 0.5) is 5.82 Å². The van der Waals surface area contributed by atoms with E-state index in [4.69, 9.17) is 11.6 Å². The number of rotatable bonds is 3. The molecule has 0 bridgehead atoms. The zero-order chi connectivity index (χ0) is 17.9. The molecule has 2 aromatic heterocycles. The Morgan fingerprint density at radius 3 is 2.50 bits per heavy atom. The number of benzene rings is 1. The fraction of sp³-hybridized carbons (Fsp3) is 0.211. The molecule has 4 rings (SSSR count). The molecule has 0 N–H and O–H groups in total. The molecule has 0 atom stereocenters. The zero-order valence-electron chi connectivity index (χ0n) is 14.0. The van der Waals surface area contributed by atoms with Crippen molar-refractivity contribution in [3.8, 4) is 10.6 Å². The Morgan fingerprint density at radius 2 is 1.81 bits per heavy atom. The van der Waals surface area contributed by atoms with E-state index in [2.05, 4.69) is 14.9 Å². The Hall–Kier alpha value is -2.44.